The summed E-state index contributed by atoms with van der Waals surface area (Å²) in [4.78, 5) is 0. The van der Waals surface area contributed by atoms with Crippen molar-refractivity contribution in [3.05, 3.63) is 23.8 Å². The first kappa shape index (κ1) is 14.5. The zero-order chi connectivity index (χ0) is 14.1. The van der Waals surface area contributed by atoms with E-state index in [9.17, 15) is 30.4 Å². The molecule has 0 amide bonds. The maximum Gasteiger partial charge on any atom is 0.418 e. The fourth-order valence-corrected chi connectivity index (χ4v) is 1.66. The van der Waals surface area contributed by atoms with E-state index in [1.807, 2.05) is 0 Å². The lowest BCUT2D eigenvalue weighted by molar-refractivity contribution is -0.136. The molecule has 102 valence electrons. The summed E-state index contributed by atoms with van der Waals surface area (Å²) in [6, 6.07) is 2.07. The second-order valence-corrected chi connectivity index (χ2v) is 4.86. The van der Waals surface area contributed by atoms with Gasteiger partial charge in [0, 0.05) is 5.69 Å². The first-order valence-corrected chi connectivity index (χ1v) is 5.85. The van der Waals surface area contributed by atoms with Crippen molar-refractivity contribution in [2.45, 2.75) is 11.9 Å². The summed E-state index contributed by atoms with van der Waals surface area (Å²) < 4.78 is 84.5. The van der Waals surface area contributed by atoms with E-state index in [0.29, 0.717) is 12.1 Å². The molecule has 1 aromatic carbocycles. The number of nitrogens with one attached hydrogen (secondary N) is 1. The molecule has 18 heavy (non-hydrogen) atoms. The smallest absolute Gasteiger partial charge is 0.399 e. The number of hydrogen-bond donors (Lipinski definition) is 2. The minimum Gasteiger partial charge on any atom is -0.399 e. The SMILES string of the molecule is Nc1ccc(NS(=O)(=O)C(F)F)c(C(F)(F)F)c1. The second-order valence-electron chi connectivity index (χ2n) is 3.21. The molecular formula is C8H7F5N2O2S. The van der Waals surface area contributed by atoms with Gasteiger partial charge in [-0.05, 0) is 18.2 Å². The molecule has 1 aromatic rings. The summed E-state index contributed by atoms with van der Waals surface area (Å²) in [6.45, 7) is 0. The first-order valence-electron chi connectivity index (χ1n) is 4.30. The second kappa shape index (κ2) is 4.59. The number of hydrogen-bond acceptors (Lipinski definition) is 3. The molecule has 3 N–H and O–H groups in total. The predicted octanol–water partition coefficient (Wildman–Crippen LogP) is 2.25. The Morgan fingerprint density at radius 3 is 2.22 bits per heavy atom. The van der Waals surface area contributed by atoms with Gasteiger partial charge in [0.25, 0.3) is 10.0 Å². The monoisotopic (exact) mass is 290 g/mol. The highest BCUT2D eigenvalue weighted by molar-refractivity contribution is 7.93. The van der Waals surface area contributed by atoms with E-state index in [0.717, 1.165) is 6.07 Å². The predicted molar refractivity (Wildman–Crippen MR) is 54.4 cm³/mol. The summed E-state index contributed by atoms with van der Waals surface area (Å²) in [7, 11) is -5.17. The average molecular weight is 290 g/mol. The molecule has 10 heteroatoms. The van der Waals surface area contributed by atoms with E-state index in [1.165, 1.54) is 4.72 Å². The molecule has 0 saturated carbocycles. The van der Waals surface area contributed by atoms with Crippen LogP contribution < -0.4 is 10.5 Å². The van der Waals surface area contributed by atoms with Crippen molar-refractivity contribution in [1.29, 1.82) is 0 Å². The number of sulfonamides is 1. The van der Waals surface area contributed by atoms with Gasteiger partial charge in [-0.3, -0.25) is 4.72 Å². The fourth-order valence-electron chi connectivity index (χ4n) is 1.08. The van der Waals surface area contributed by atoms with Gasteiger partial charge in [-0.15, -0.1) is 0 Å². The number of rotatable bonds is 3. The quantitative estimate of drug-likeness (QED) is 0.662. The molecule has 0 fully saturated rings. The molecule has 0 aliphatic carbocycles. The number of nitrogen functional groups attached to an aromatic ring is 1. The van der Waals surface area contributed by atoms with E-state index >= 15 is 0 Å². The molecule has 4 nitrogen and oxygen atoms in total. The van der Waals surface area contributed by atoms with Crippen LogP contribution in [0.25, 0.3) is 0 Å². The number of nitrogens with two attached hydrogens (primary N) is 1. The van der Waals surface area contributed by atoms with Crippen molar-refractivity contribution >= 4 is 21.4 Å². The average Bonchev–Trinajstić information content (AvgIpc) is 2.18. The van der Waals surface area contributed by atoms with Crippen LogP contribution in [-0.2, 0) is 16.2 Å². The van der Waals surface area contributed by atoms with E-state index in [-0.39, 0.29) is 5.69 Å². The van der Waals surface area contributed by atoms with Gasteiger partial charge in [-0.2, -0.15) is 22.0 Å². The molecule has 0 aliphatic rings. The van der Waals surface area contributed by atoms with Crippen molar-refractivity contribution in [3.8, 4) is 0 Å². The van der Waals surface area contributed by atoms with Crippen LogP contribution in [0.15, 0.2) is 18.2 Å². The van der Waals surface area contributed by atoms with Crippen LogP contribution in [0.5, 0.6) is 0 Å². The van der Waals surface area contributed by atoms with E-state index in [2.05, 4.69) is 0 Å². The summed E-state index contributed by atoms with van der Waals surface area (Å²) in [5.41, 5.74) is 2.41. The number of anilines is 2. The highest BCUT2D eigenvalue weighted by Gasteiger charge is 2.36. The van der Waals surface area contributed by atoms with Crippen LogP contribution in [0.2, 0.25) is 0 Å². The Bertz CT molecular complexity index is 541. The maximum atomic E-state index is 12.5. The van der Waals surface area contributed by atoms with Gasteiger partial charge in [0.1, 0.15) is 0 Å². The molecule has 0 heterocycles. The first-order chi connectivity index (χ1) is 8.04. The van der Waals surface area contributed by atoms with Gasteiger partial charge in [-0.25, -0.2) is 8.42 Å². The molecule has 0 aromatic heterocycles. The lowest BCUT2D eigenvalue weighted by Gasteiger charge is -2.14. The van der Waals surface area contributed by atoms with E-state index in [4.69, 9.17) is 5.73 Å². The van der Waals surface area contributed by atoms with Crippen LogP contribution >= 0.6 is 0 Å². The Balaban J connectivity index is 3.27. The molecule has 0 unspecified atom stereocenters. The number of benzene rings is 1. The summed E-state index contributed by atoms with van der Waals surface area (Å²) in [6.07, 6.45) is -4.92. The Morgan fingerprint density at radius 1 is 1.22 bits per heavy atom. The van der Waals surface area contributed by atoms with Crippen molar-refractivity contribution in [2.75, 3.05) is 10.5 Å². The van der Waals surface area contributed by atoms with Crippen LogP contribution in [-0.4, -0.2) is 14.2 Å². The normalized spacial score (nSPS) is 12.8. The van der Waals surface area contributed by atoms with Gasteiger partial charge >= 0.3 is 11.9 Å². The van der Waals surface area contributed by atoms with Gasteiger partial charge in [0.2, 0.25) is 0 Å². The molecule has 0 saturated heterocycles. The Morgan fingerprint density at radius 2 is 1.78 bits per heavy atom. The van der Waals surface area contributed by atoms with Crippen molar-refractivity contribution in [3.63, 3.8) is 0 Å². The minimum atomic E-state index is -5.17. The van der Waals surface area contributed by atoms with E-state index in [1.54, 1.807) is 0 Å². The topological polar surface area (TPSA) is 72.2 Å². The van der Waals surface area contributed by atoms with Gasteiger partial charge in [-0.1, -0.05) is 0 Å². The zero-order valence-corrected chi connectivity index (χ0v) is 9.32. The van der Waals surface area contributed by atoms with Gasteiger partial charge in [0.05, 0.1) is 11.3 Å². The molecule has 0 bridgehead atoms. The third kappa shape index (κ3) is 3.22. The number of halogens is 5. The van der Waals surface area contributed by atoms with Crippen molar-refractivity contribution < 1.29 is 30.4 Å². The fraction of sp³-hybridized carbons (Fsp3) is 0.250. The van der Waals surface area contributed by atoms with Gasteiger partial charge < -0.3 is 5.73 Å². The standard InChI is InChI=1S/C8H7F5N2O2S/c9-7(10)18(16,17)15-6-2-1-4(14)3-5(6)8(11,12)13/h1-3,7,15H,14H2. The summed E-state index contributed by atoms with van der Waals surface area (Å²) in [5.74, 6) is -3.84. The summed E-state index contributed by atoms with van der Waals surface area (Å²) >= 11 is 0. The molecule has 0 atom stereocenters. The minimum absolute atomic E-state index is 0.276. The molecule has 0 spiro atoms. The van der Waals surface area contributed by atoms with Crippen molar-refractivity contribution in [1.82, 2.24) is 0 Å². The Kier molecular flexibility index (Phi) is 3.70. The van der Waals surface area contributed by atoms with Crippen LogP contribution in [0.3, 0.4) is 0 Å². The number of alkyl halides is 5. The van der Waals surface area contributed by atoms with Crippen LogP contribution in [0.4, 0.5) is 33.3 Å². The molecule has 0 aliphatic heterocycles. The lowest BCUT2D eigenvalue weighted by Crippen LogP contribution is -2.22. The molecule has 1 rings (SSSR count). The zero-order valence-electron chi connectivity index (χ0n) is 8.50. The van der Waals surface area contributed by atoms with E-state index < -0.39 is 33.2 Å². The summed E-state index contributed by atoms with van der Waals surface area (Å²) in [5, 5.41) is 0. The highest BCUT2D eigenvalue weighted by Crippen LogP contribution is 2.36. The third-order valence-corrected chi connectivity index (χ3v) is 2.81. The maximum absolute atomic E-state index is 12.5. The van der Waals surface area contributed by atoms with Gasteiger partial charge in [0.15, 0.2) is 0 Å². The van der Waals surface area contributed by atoms with Crippen molar-refractivity contribution in [2.24, 2.45) is 0 Å². The Hall–Kier alpha value is -1.58. The molecule has 0 radical (unpaired) electrons. The van der Waals surface area contributed by atoms with Crippen LogP contribution in [0.1, 0.15) is 5.56 Å². The Labute approximate surface area is 98.6 Å². The third-order valence-electron chi connectivity index (χ3n) is 1.84. The molecular weight excluding hydrogens is 283 g/mol. The largest absolute Gasteiger partial charge is 0.418 e. The lowest BCUT2D eigenvalue weighted by atomic mass is 10.1. The highest BCUT2D eigenvalue weighted by atomic mass is 32.2. The van der Waals surface area contributed by atoms with Crippen LogP contribution in [0, 0.1) is 0 Å².